The number of nitrogens with zero attached hydrogens (tertiary/aromatic N) is 3. The maximum absolute atomic E-state index is 13.9. The Balaban J connectivity index is 1.78. The van der Waals surface area contributed by atoms with E-state index in [1.54, 1.807) is 11.8 Å². The minimum absolute atomic E-state index is 0.215. The number of esters is 1. The summed E-state index contributed by atoms with van der Waals surface area (Å²) in [7, 11) is 0. The number of aromatic amines is 1. The number of aromatic nitrogens is 3. The molecule has 0 spiro atoms. The molecule has 7 heteroatoms. The first-order valence-electron chi connectivity index (χ1n) is 11.5. The van der Waals surface area contributed by atoms with E-state index in [1.807, 2.05) is 59.3 Å². The molecule has 1 amide bonds. The average molecular weight is 445 g/mol. The number of hydrogen-bond donors (Lipinski definition) is 1. The lowest BCUT2D eigenvalue weighted by molar-refractivity contribution is -0.153. The zero-order valence-electron chi connectivity index (χ0n) is 19.1. The molecule has 1 N–H and O–H groups in total. The molecule has 1 aliphatic rings. The van der Waals surface area contributed by atoms with Gasteiger partial charge < -0.3 is 14.3 Å². The molecule has 3 heterocycles. The highest BCUT2D eigenvalue weighted by Crippen LogP contribution is 2.43. The van der Waals surface area contributed by atoms with E-state index in [-0.39, 0.29) is 12.5 Å². The van der Waals surface area contributed by atoms with E-state index >= 15 is 0 Å². The van der Waals surface area contributed by atoms with Crippen LogP contribution in [0.2, 0.25) is 0 Å². The van der Waals surface area contributed by atoms with Gasteiger partial charge in [0.05, 0.1) is 23.7 Å². The lowest BCUT2D eigenvalue weighted by Gasteiger charge is -2.38. The second kappa shape index (κ2) is 8.39. The predicted octanol–water partition coefficient (Wildman–Crippen LogP) is 4.68. The lowest BCUT2D eigenvalue weighted by atomic mass is 9.89. The van der Waals surface area contributed by atoms with E-state index < -0.39 is 17.9 Å². The molecule has 4 aromatic rings. The molecule has 7 nitrogen and oxygen atoms in total. The summed E-state index contributed by atoms with van der Waals surface area (Å²) in [6.45, 7) is 6.72. The number of benzene rings is 2. The van der Waals surface area contributed by atoms with E-state index in [0.29, 0.717) is 18.4 Å². The Hall–Kier alpha value is -3.61. The second-order valence-electron chi connectivity index (χ2n) is 8.91. The van der Waals surface area contributed by atoms with Crippen LogP contribution >= 0.6 is 0 Å². The number of H-pyrrole nitrogens is 1. The van der Waals surface area contributed by atoms with Crippen molar-refractivity contribution in [3.05, 3.63) is 60.3 Å². The van der Waals surface area contributed by atoms with Crippen molar-refractivity contribution >= 4 is 39.8 Å². The fourth-order valence-corrected chi connectivity index (χ4v) is 4.76. The Morgan fingerprint density at radius 3 is 2.70 bits per heavy atom. The normalized spacial score (nSPS) is 18.3. The van der Waals surface area contributed by atoms with Crippen LogP contribution in [-0.2, 0) is 14.3 Å². The zero-order chi connectivity index (χ0) is 23.1. The molecule has 33 heavy (non-hydrogen) atoms. The Labute approximate surface area is 192 Å². The summed E-state index contributed by atoms with van der Waals surface area (Å²) in [5, 5.41) is 0.976. The fourth-order valence-electron chi connectivity index (χ4n) is 4.76. The molecule has 5 rings (SSSR count). The Bertz CT molecular complexity index is 1340. The molecule has 0 fully saturated rings. The van der Waals surface area contributed by atoms with Crippen LogP contribution in [-0.4, -0.2) is 39.6 Å². The lowest BCUT2D eigenvalue weighted by Crippen LogP contribution is -2.50. The highest BCUT2D eigenvalue weighted by atomic mass is 16.5. The number of imidazole rings is 1. The number of rotatable bonds is 6. The molecule has 0 bridgehead atoms. The van der Waals surface area contributed by atoms with Gasteiger partial charge in [0.2, 0.25) is 11.9 Å². The minimum atomic E-state index is -0.999. The molecule has 0 unspecified atom stereocenters. The van der Waals surface area contributed by atoms with Crippen LogP contribution in [0.3, 0.4) is 0 Å². The smallest absolute Gasteiger partial charge is 0.321 e. The molecule has 2 aromatic carbocycles. The third-order valence-corrected chi connectivity index (χ3v) is 6.36. The van der Waals surface area contributed by atoms with Crippen LogP contribution < -0.4 is 4.90 Å². The number of hydrogen-bond acceptors (Lipinski definition) is 4. The number of amides is 1. The highest BCUT2D eigenvalue weighted by molar-refractivity contribution is 6.09. The number of nitrogens with one attached hydrogen (secondary N) is 1. The van der Waals surface area contributed by atoms with Crippen molar-refractivity contribution in [2.45, 2.75) is 33.2 Å². The van der Waals surface area contributed by atoms with Crippen molar-refractivity contribution in [3.63, 3.8) is 0 Å². The third kappa shape index (κ3) is 3.48. The molecular formula is C26H28N4O3. The van der Waals surface area contributed by atoms with Crippen molar-refractivity contribution in [3.8, 4) is 0 Å². The van der Waals surface area contributed by atoms with Crippen LogP contribution in [0.25, 0.3) is 21.9 Å². The summed E-state index contributed by atoms with van der Waals surface area (Å²) in [5.41, 5.74) is 3.52. The van der Waals surface area contributed by atoms with Gasteiger partial charge in [-0.25, -0.2) is 4.98 Å². The van der Waals surface area contributed by atoms with E-state index in [0.717, 1.165) is 33.9 Å². The van der Waals surface area contributed by atoms with Crippen molar-refractivity contribution in [1.29, 1.82) is 0 Å². The summed E-state index contributed by atoms with van der Waals surface area (Å²) >= 11 is 0. The number of carbonyl (C=O) groups excluding carboxylic acids is 2. The van der Waals surface area contributed by atoms with Crippen LogP contribution in [0.4, 0.5) is 5.95 Å². The number of carbonyl (C=O) groups is 2. The quantitative estimate of drug-likeness (QED) is 0.346. The van der Waals surface area contributed by atoms with Gasteiger partial charge in [-0.2, -0.15) is 0 Å². The van der Waals surface area contributed by atoms with Gasteiger partial charge in [0.25, 0.3) is 0 Å². The number of ether oxygens (including phenoxy) is 1. The summed E-state index contributed by atoms with van der Waals surface area (Å²) in [5.74, 6) is -0.773. The van der Waals surface area contributed by atoms with Gasteiger partial charge in [0.1, 0.15) is 0 Å². The monoisotopic (exact) mass is 444 g/mol. The third-order valence-electron chi connectivity index (χ3n) is 6.36. The predicted molar refractivity (Wildman–Crippen MR) is 128 cm³/mol. The molecule has 1 aliphatic heterocycles. The van der Waals surface area contributed by atoms with Gasteiger partial charge in [-0.05, 0) is 37.5 Å². The summed E-state index contributed by atoms with van der Waals surface area (Å²) < 4.78 is 7.49. The first kappa shape index (κ1) is 21.2. The summed E-state index contributed by atoms with van der Waals surface area (Å²) in [6.07, 6.45) is 2.71. The number of fused-ring (bicyclic) bond motifs is 4. The molecular weight excluding hydrogens is 416 g/mol. The number of anilines is 1. The molecule has 2 atom stereocenters. The van der Waals surface area contributed by atoms with Gasteiger partial charge in [-0.1, -0.05) is 44.2 Å². The highest BCUT2D eigenvalue weighted by Gasteiger charge is 2.48. The van der Waals surface area contributed by atoms with Gasteiger partial charge in [-0.15, -0.1) is 0 Å². The van der Waals surface area contributed by atoms with Crippen molar-refractivity contribution < 1.29 is 14.3 Å². The number of para-hydroxylation sites is 3. The van der Waals surface area contributed by atoms with E-state index in [4.69, 9.17) is 9.72 Å². The summed E-state index contributed by atoms with van der Waals surface area (Å²) in [6, 6.07) is 15.2. The SMILES string of the molecule is CCOC(=O)[C@@H]1C(=O)N(CCC(C)C)c2nc3ccccc3n2[C@H]1c1c[nH]c2ccccc12. The largest absolute Gasteiger partial charge is 0.465 e. The van der Waals surface area contributed by atoms with Crippen LogP contribution in [0.5, 0.6) is 0 Å². The Morgan fingerprint density at radius 1 is 1.15 bits per heavy atom. The fraction of sp³-hybridized carbons (Fsp3) is 0.346. The van der Waals surface area contributed by atoms with Gasteiger partial charge in [0, 0.05) is 29.2 Å². The van der Waals surface area contributed by atoms with Crippen molar-refractivity contribution in [2.24, 2.45) is 11.8 Å². The van der Waals surface area contributed by atoms with Crippen LogP contribution in [0.1, 0.15) is 38.8 Å². The standard InChI is InChI=1S/C26H28N4O3/c1-4-33-25(32)22-23(18-15-27-19-10-6-5-9-17(18)19)30-21-12-8-7-11-20(21)28-26(30)29(24(22)31)14-13-16(2)3/h5-12,15-16,22-23,27H,4,13-14H2,1-3H3/t22-,23-/m0/s1. The van der Waals surface area contributed by atoms with Crippen molar-refractivity contribution in [2.75, 3.05) is 18.1 Å². The van der Waals surface area contributed by atoms with E-state index in [1.165, 1.54) is 0 Å². The summed E-state index contributed by atoms with van der Waals surface area (Å²) in [4.78, 5) is 37.0. The van der Waals surface area contributed by atoms with Crippen molar-refractivity contribution in [1.82, 2.24) is 14.5 Å². The maximum Gasteiger partial charge on any atom is 0.321 e. The first-order chi connectivity index (χ1) is 16.0. The first-order valence-corrected chi connectivity index (χ1v) is 11.5. The van der Waals surface area contributed by atoms with E-state index in [9.17, 15) is 9.59 Å². The topological polar surface area (TPSA) is 80.2 Å². The van der Waals surface area contributed by atoms with Gasteiger partial charge in [-0.3, -0.25) is 14.5 Å². The average Bonchev–Trinajstić information content (AvgIpc) is 3.39. The van der Waals surface area contributed by atoms with Gasteiger partial charge >= 0.3 is 5.97 Å². The molecule has 0 saturated carbocycles. The van der Waals surface area contributed by atoms with E-state index in [2.05, 4.69) is 18.8 Å². The molecule has 0 saturated heterocycles. The zero-order valence-corrected chi connectivity index (χ0v) is 19.1. The van der Waals surface area contributed by atoms with Crippen LogP contribution in [0.15, 0.2) is 54.7 Å². The van der Waals surface area contributed by atoms with Gasteiger partial charge in [0.15, 0.2) is 5.92 Å². The minimum Gasteiger partial charge on any atom is -0.465 e. The Morgan fingerprint density at radius 2 is 1.91 bits per heavy atom. The molecule has 0 aliphatic carbocycles. The molecule has 0 radical (unpaired) electrons. The molecule has 2 aromatic heterocycles. The Kier molecular flexibility index (Phi) is 5.40. The second-order valence-corrected chi connectivity index (χ2v) is 8.91. The maximum atomic E-state index is 13.9. The molecule has 170 valence electrons. The van der Waals surface area contributed by atoms with Crippen LogP contribution in [0, 0.1) is 11.8 Å².